The van der Waals surface area contributed by atoms with E-state index in [1.807, 2.05) is 35.4 Å². The maximum Gasteiger partial charge on any atom is 0.433 e. The molecule has 1 aliphatic rings. The monoisotopic (exact) mass is 387 g/mol. The van der Waals surface area contributed by atoms with Crippen molar-refractivity contribution in [2.24, 2.45) is 0 Å². The van der Waals surface area contributed by atoms with E-state index in [4.69, 9.17) is 0 Å². The van der Waals surface area contributed by atoms with Crippen LogP contribution in [0.5, 0.6) is 0 Å². The average Bonchev–Trinajstić information content (AvgIpc) is 3.16. The van der Waals surface area contributed by atoms with Gasteiger partial charge in [0.1, 0.15) is 17.8 Å². The molecule has 28 heavy (non-hydrogen) atoms. The van der Waals surface area contributed by atoms with Gasteiger partial charge in [0.25, 0.3) is 0 Å². The first-order chi connectivity index (χ1) is 13.4. The van der Waals surface area contributed by atoms with Crippen molar-refractivity contribution in [3.05, 3.63) is 60.2 Å². The summed E-state index contributed by atoms with van der Waals surface area (Å²) in [6.07, 6.45) is -0.811. The normalized spacial score (nSPS) is 17.9. The number of aromatic nitrogens is 3. The van der Waals surface area contributed by atoms with Gasteiger partial charge in [0, 0.05) is 50.4 Å². The molecular weight excluding hydrogens is 367 g/mol. The van der Waals surface area contributed by atoms with Crippen LogP contribution >= 0.6 is 0 Å². The van der Waals surface area contributed by atoms with Gasteiger partial charge in [-0.25, -0.2) is 9.97 Å². The van der Waals surface area contributed by atoms with Crippen molar-refractivity contribution in [1.82, 2.24) is 19.9 Å². The number of hydrogen-bond acceptors (Lipinski definition) is 5. The third-order valence-electron chi connectivity index (χ3n) is 5.23. The number of alkyl halides is 3. The summed E-state index contributed by atoms with van der Waals surface area (Å²) in [7, 11) is 1.79. The molecule has 4 rings (SSSR count). The van der Waals surface area contributed by atoms with Crippen LogP contribution in [0.25, 0.3) is 10.9 Å². The molecule has 0 aliphatic carbocycles. The highest BCUT2D eigenvalue weighted by atomic mass is 19.4. The van der Waals surface area contributed by atoms with Gasteiger partial charge in [-0.1, -0.05) is 18.2 Å². The van der Waals surface area contributed by atoms with Crippen molar-refractivity contribution in [2.45, 2.75) is 25.2 Å². The van der Waals surface area contributed by atoms with E-state index in [1.54, 1.807) is 7.05 Å². The van der Waals surface area contributed by atoms with Crippen LogP contribution in [0.3, 0.4) is 0 Å². The summed E-state index contributed by atoms with van der Waals surface area (Å²) >= 11 is 0. The van der Waals surface area contributed by atoms with Crippen molar-refractivity contribution in [2.75, 3.05) is 25.0 Å². The Morgan fingerprint density at radius 1 is 1.14 bits per heavy atom. The molecule has 1 unspecified atom stereocenters. The Morgan fingerprint density at radius 2 is 1.96 bits per heavy atom. The average molecular weight is 387 g/mol. The Kier molecular flexibility index (Phi) is 4.89. The quantitative estimate of drug-likeness (QED) is 0.682. The second kappa shape index (κ2) is 7.35. The molecule has 3 heterocycles. The van der Waals surface area contributed by atoms with E-state index in [1.165, 1.54) is 5.56 Å². The second-order valence-electron chi connectivity index (χ2n) is 7.03. The number of nitrogens with zero attached hydrogens (tertiary/aromatic N) is 5. The fraction of sp³-hybridized carbons (Fsp3) is 0.350. The van der Waals surface area contributed by atoms with Gasteiger partial charge in [-0.05, 0) is 24.1 Å². The second-order valence-corrected chi connectivity index (χ2v) is 7.03. The predicted molar refractivity (Wildman–Crippen MR) is 101 cm³/mol. The number of rotatable bonds is 4. The molecule has 5 nitrogen and oxygen atoms in total. The third kappa shape index (κ3) is 3.77. The molecule has 0 amide bonds. The molecule has 0 spiro atoms. The first-order valence-electron chi connectivity index (χ1n) is 9.09. The summed E-state index contributed by atoms with van der Waals surface area (Å²) in [5.74, 6) is 0.295. The first-order valence-corrected chi connectivity index (χ1v) is 9.09. The zero-order valence-corrected chi connectivity index (χ0v) is 15.4. The molecule has 1 atom stereocenters. The largest absolute Gasteiger partial charge is 0.433 e. The van der Waals surface area contributed by atoms with Crippen LogP contribution in [-0.2, 0) is 12.7 Å². The Hall–Kier alpha value is -2.74. The minimum Gasteiger partial charge on any atom is -0.355 e. The van der Waals surface area contributed by atoms with Crippen LogP contribution in [0.15, 0.2) is 48.9 Å². The van der Waals surface area contributed by atoms with Gasteiger partial charge in [0.2, 0.25) is 0 Å². The first kappa shape index (κ1) is 18.6. The van der Waals surface area contributed by atoms with Gasteiger partial charge >= 0.3 is 6.18 Å². The Bertz CT molecular complexity index is 970. The fourth-order valence-corrected chi connectivity index (χ4v) is 3.69. The lowest BCUT2D eigenvalue weighted by Gasteiger charge is -2.26. The van der Waals surface area contributed by atoms with Gasteiger partial charge in [-0.3, -0.25) is 9.88 Å². The maximum atomic E-state index is 12.9. The number of anilines is 1. The van der Waals surface area contributed by atoms with E-state index in [0.29, 0.717) is 5.82 Å². The zero-order chi connectivity index (χ0) is 19.7. The summed E-state index contributed by atoms with van der Waals surface area (Å²) in [4.78, 5) is 15.9. The lowest BCUT2D eigenvalue weighted by atomic mass is 10.1. The molecule has 146 valence electrons. The highest BCUT2D eigenvalue weighted by Gasteiger charge is 2.34. The van der Waals surface area contributed by atoms with Crippen LogP contribution in [0.4, 0.5) is 19.0 Å². The van der Waals surface area contributed by atoms with Crippen molar-refractivity contribution >= 4 is 16.7 Å². The summed E-state index contributed by atoms with van der Waals surface area (Å²) < 4.78 is 38.8. The van der Waals surface area contributed by atoms with Crippen LogP contribution in [0.1, 0.15) is 17.7 Å². The molecule has 0 saturated carbocycles. The standard InChI is InChI=1S/C20H20F3N5/c1-27(19-10-18(20(21,22)23)25-13-26-19)15-7-9-28(12-15)11-14-6-8-24-17-5-3-2-4-16(14)17/h2-6,8,10,13,15H,7,9,11-12H2,1H3. The van der Waals surface area contributed by atoms with Gasteiger partial charge in [0.15, 0.2) is 0 Å². The number of pyridine rings is 1. The molecule has 0 bridgehead atoms. The molecule has 1 fully saturated rings. The van der Waals surface area contributed by atoms with Crippen LogP contribution in [0, 0.1) is 0 Å². The third-order valence-corrected chi connectivity index (χ3v) is 5.23. The van der Waals surface area contributed by atoms with Gasteiger partial charge in [-0.15, -0.1) is 0 Å². The van der Waals surface area contributed by atoms with E-state index in [2.05, 4.69) is 25.9 Å². The highest BCUT2D eigenvalue weighted by molar-refractivity contribution is 5.81. The van der Waals surface area contributed by atoms with Gasteiger partial charge < -0.3 is 4.90 Å². The molecule has 1 aliphatic heterocycles. The zero-order valence-electron chi connectivity index (χ0n) is 15.4. The van der Waals surface area contributed by atoms with Crippen molar-refractivity contribution in [1.29, 1.82) is 0 Å². The maximum absolute atomic E-state index is 12.9. The highest BCUT2D eigenvalue weighted by Crippen LogP contribution is 2.30. The van der Waals surface area contributed by atoms with Crippen LogP contribution in [0.2, 0.25) is 0 Å². The molecule has 3 aromatic rings. The van der Waals surface area contributed by atoms with E-state index < -0.39 is 11.9 Å². The smallest absolute Gasteiger partial charge is 0.355 e. The number of likely N-dealkylation sites (tertiary alicyclic amines) is 1. The summed E-state index contributed by atoms with van der Waals surface area (Å²) in [6, 6.07) is 11.2. The molecule has 1 saturated heterocycles. The minimum atomic E-state index is -4.47. The Morgan fingerprint density at radius 3 is 2.79 bits per heavy atom. The molecule has 8 heteroatoms. The van der Waals surface area contributed by atoms with E-state index in [9.17, 15) is 13.2 Å². The van der Waals surface area contributed by atoms with Gasteiger partial charge in [-0.2, -0.15) is 13.2 Å². The Labute approximate surface area is 160 Å². The van der Waals surface area contributed by atoms with Crippen molar-refractivity contribution in [3.63, 3.8) is 0 Å². The summed E-state index contributed by atoms with van der Waals surface area (Å²) in [5, 5.41) is 1.13. The molecule has 0 radical (unpaired) electrons. The van der Waals surface area contributed by atoms with E-state index in [0.717, 1.165) is 49.4 Å². The minimum absolute atomic E-state index is 0.101. The predicted octanol–water partition coefficient (Wildman–Crippen LogP) is 3.75. The molecular formula is C20H20F3N5. The molecule has 0 N–H and O–H groups in total. The number of likely N-dealkylation sites (N-methyl/N-ethyl adjacent to an activating group) is 1. The summed E-state index contributed by atoms with van der Waals surface area (Å²) in [5.41, 5.74) is 1.26. The lowest BCUT2D eigenvalue weighted by molar-refractivity contribution is -0.141. The van der Waals surface area contributed by atoms with Gasteiger partial charge in [0.05, 0.1) is 5.52 Å². The van der Waals surface area contributed by atoms with Crippen LogP contribution < -0.4 is 4.90 Å². The number of para-hydroxylation sites is 1. The lowest BCUT2D eigenvalue weighted by Crippen LogP contribution is -2.35. The SMILES string of the molecule is CN(c1cc(C(F)(F)F)ncn1)C1CCN(Cc2ccnc3ccccc23)C1. The topological polar surface area (TPSA) is 45.2 Å². The number of fused-ring (bicyclic) bond motifs is 1. The number of benzene rings is 1. The number of halogens is 3. The molecule has 1 aromatic carbocycles. The van der Waals surface area contributed by atoms with Crippen molar-refractivity contribution in [3.8, 4) is 0 Å². The van der Waals surface area contributed by atoms with Crippen LogP contribution in [-0.4, -0.2) is 46.0 Å². The van der Waals surface area contributed by atoms with E-state index >= 15 is 0 Å². The number of hydrogen-bond donors (Lipinski definition) is 0. The molecule has 2 aromatic heterocycles. The fourth-order valence-electron chi connectivity index (χ4n) is 3.69. The van der Waals surface area contributed by atoms with Crippen molar-refractivity contribution < 1.29 is 13.2 Å². The van der Waals surface area contributed by atoms with E-state index in [-0.39, 0.29) is 6.04 Å². The Balaban J connectivity index is 1.47. The summed E-state index contributed by atoms with van der Waals surface area (Å²) in [6.45, 7) is 2.42.